The van der Waals surface area contributed by atoms with Crippen LogP contribution in [-0.2, 0) is 9.59 Å². The highest BCUT2D eigenvalue weighted by atomic mass is 32.2. The number of anilines is 2. The van der Waals surface area contributed by atoms with Crippen LogP contribution < -0.4 is 10.2 Å². The number of nitrogens with one attached hydrogen (secondary N) is 1. The molecule has 0 aliphatic carbocycles. The van der Waals surface area contributed by atoms with Crippen molar-refractivity contribution in [3.63, 3.8) is 0 Å². The largest absolute Gasteiger partial charge is 0.325 e. The number of amides is 2. The Balaban J connectivity index is 1.90. The molecule has 0 spiro atoms. The molecule has 1 aliphatic rings. The summed E-state index contributed by atoms with van der Waals surface area (Å²) in [6.45, 7) is 4.09. The third-order valence-electron chi connectivity index (χ3n) is 5.29. The van der Waals surface area contributed by atoms with Crippen LogP contribution in [0.2, 0.25) is 0 Å². The van der Waals surface area contributed by atoms with Gasteiger partial charge in [0.2, 0.25) is 11.8 Å². The Morgan fingerprint density at radius 3 is 2.70 bits per heavy atom. The molecule has 0 saturated carbocycles. The minimum absolute atomic E-state index is 0.0342. The zero-order valence-corrected chi connectivity index (χ0v) is 18.0. The standard InChI is InChI=1S/C23H26F2N2O2S/c1-3-5-8-15(4-2)22(29)26-19-10-7-6-9-17(19)23-27(21(28)14-30-23)20-12-11-16(24)13-18(20)25/h6-7,9-13,15,23H,3-5,8,14H2,1-2H3,(H,26,29)/t15-,23+/m0/s1. The van der Waals surface area contributed by atoms with Crippen LogP contribution in [-0.4, -0.2) is 17.6 Å². The molecule has 1 saturated heterocycles. The van der Waals surface area contributed by atoms with Gasteiger partial charge in [0.25, 0.3) is 0 Å². The minimum Gasteiger partial charge on any atom is -0.325 e. The summed E-state index contributed by atoms with van der Waals surface area (Å²) in [5.41, 5.74) is 1.36. The summed E-state index contributed by atoms with van der Waals surface area (Å²) in [6, 6.07) is 10.4. The van der Waals surface area contributed by atoms with Crippen LogP contribution in [0, 0.1) is 17.6 Å². The van der Waals surface area contributed by atoms with E-state index in [0.717, 1.165) is 43.4 Å². The lowest BCUT2D eigenvalue weighted by molar-refractivity contribution is -0.120. The summed E-state index contributed by atoms with van der Waals surface area (Å²) in [4.78, 5) is 26.7. The van der Waals surface area contributed by atoms with Crippen LogP contribution in [0.4, 0.5) is 20.2 Å². The summed E-state index contributed by atoms with van der Waals surface area (Å²) in [5, 5.41) is 2.50. The van der Waals surface area contributed by atoms with Gasteiger partial charge in [-0.15, -0.1) is 11.8 Å². The number of para-hydroxylation sites is 1. The van der Waals surface area contributed by atoms with E-state index in [4.69, 9.17) is 0 Å². The average Bonchev–Trinajstić information content (AvgIpc) is 3.10. The zero-order valence-electron chi connectivity index (χ0n) is 17.2. The van der Waals surface area contributed by atoms with Gasteiger partial charge in [0, 0.05) is 23.2 Å². The van der Waals surface area contributed by atoms with Crippen molar-refractivity contribution >= 4 is 35.0 Å². The summed E-state index contributed by atoms with van der Waals surface area (Å²) >= 11 is 1.35. The second kappa shape index (κ2) is 10.1. The molecule has 1 N–H and O–H groups in total. The molecule has 1 heterocycles. The molecule has 0 bridgehead atoms. The number of rotatable bonds is 8. The normalized spacial score (nSPS) is 17.3. The number of nitrogens with zero attached hydrogens (tertiary/aromatic N) is 1. The van der Waals surface area contributed by atoms with Gasteiger partial charge < -0.3 is 5.32 Å². The first-order valence-corrected chi connectivity index (χ1v) is 11.3. The first-order chi connectivity index (χ1) is 14.5. The van der Waals surface area contributed by atoms with Crippen LogP contribution in [0.25, 0.3) is 0 Å². The monoisotopic (exact) mass is 432 g/mol. The lowest BCUT2D eigenvalue weighted by Crippen LogP contribution is -2.30. The van der Waals surface area contributed by atoms with E-state index in [0.29, 0.717) is 5.69 Å². The second-order valence-corrected chi connectivity index (χ2v) is 8.42. The molecule has 2 aromatic rings. The van der Waals surface area contributed by atoms with Crippen LogP contribution in [0.1, 0.15) is 50.5 Å². The quantitative estimate of drug-likeness (QED) is 0.565. The van der Waals surface area contributed by atoms with Gasteiger partial charge in [-0.3, -0.25) is 14.5 Å². The molecule has 7 heteroatoms. The van der Waals surface area contributed by atoms with Gasteiger partial charge in [-0.25, -0.2) is 8.78 Å². The fourth-order valence-electron chi connectivity index (χ4n) is 3.62. The van der Waals surface area contributed by atoms with E-state index >= 15 is 0 Å². The van der Waals surface area contributed by atoms with E-state index in [1.165, 1.54) is 22.7 Å². The third-order valence-corrected chi connectivity index (χ3v) is 6.49. The molecular weight excluding hydrogens is 406 g/mol. The van der Waals surface area contributed by atoms with Crippen molar-refractivity contribution < 1.29 is 18.4 Å². The van der Waals surface area contributed by atoms with Gasteiger partial charge in [0.05, 0.1) is 11.4 Å². The Hall–Kier alpha value is -2.41. The number of carbonyl (C=O) groups is 2. The highest BCUT2D eigenvalue weighted by Crippen LogP contribution is 2.45. The fourth-order valence-corrected chi connectivity index (χ4v) is 4.83. The molecule has 2 atom stereocenters. The van der Waals surface area contributed by atoms with Gasteiger partial charge in [-0.05, 0) is 31.0 Å². The number of hydrogen-bond donors (Lipinski definition) is 1. The van der Waals surface area contributed by atoms with Crippen LogP contribution >= 0.6 is 11.8 Å². The molecule has 3 rings (SSSR count). The summed E-state index contributed by atoms with van der Waals surface area (Å²) in [6.07, 6.45) is 3.58. The van der Waals surface area contributed by atoms with Gasteiger partial charge in [0.15, 0.2) is 0 Å². The summed E-state index contributed by atoms with van der Waals surface area (Å²) in [7, 11) is 0. The first kappa shape index (κ1) is 22.3. The number of benzene rings is 2. The van der Waals surface area contributed by atoms with Crippen molar-refractivity contribution in [2.24, 2.45) is 5.92 Å². The maximum absolute atomic E-state index is 14.4. The number of halogens is 2. The zero-order chi connectivity index (χ0) is 21.7. The van der Waals surface area contributed by atoms with E-state index in [2.05, 4.69) is 12.2 Å². The second-order valence-electron chi connectivity index (χ2n) is 7.35. The smallest absolute Gasteiger partial charge is 0.238 e. The predicted octanol–water partition coefficient (Wildman–Crippen LogP) is 5.90. The molecule has 1 fully saturated rings. The van der Waals surface area contributed by atoms with Gasteiger partial charge in [-0.2, -0.15) is 0 Å². The molecule has 160 valence electrons. The molecule has 30 heavy (non-hydrogen) atoms. The van der Waals surface area contributed by atoms with E-state index in [9.17, 15) is 18.4 Å². The van der Waals surface area contributed by atoms with E-state index in [1.54, 1.807) is 6.07 Å². The van der Waals surface area contributed by atoms with Crippen LogP contribution in [0.15, 0.2) is 42.5 Å². The van der Waals surface area contributed by atoms with Crippen molar-refractivity contribution in [1.82, 2.24) is 0 Å². The van der Waals surface area contributed by atoms with Crippen molar-refractivity contribution in [3.05, 3.63) is 59.7 Å². The van der Waals surface area contributed by atoms with Gasteiger partial charge >= 0.3 is 0 Å². The number of thioether (sulfide) groups is 1. The Morgan fingerprint density at radius 2 is 2.00 bits per heavy atom. The Morgan fingerprint density at radius 1 is 1.23 bits per heavy atom. The van der Waals surface area contributed by atoms with Gasteiger partial charge in [-0.1, -0.05) is 44.9 Å². The fraction of sp³-hybridized carbons (Fsp3) is 0.391. The van der Waals surface area contributed by atoms with Crippen molar-refractivity contribution in [3.8, 4) is 0 Å². The first-order valence-electron chi connectivity index (χ1n) is 10.2. The van der Waals surface area contributed by atoms with E-state index < -0.39 is 17.0 Å². The van der Waals surface area contributed by atoms with E-state index in [-0.39, 0.29) is 29.2 Å². The predicted molar refractivity (Wildman–Crippen MR) is 117 cm³/mol. The summed E-state index contributed by atoms with van der Waals surface area (Å²) in [5.74, 6) is -1.70. The van der Waals surface area contributed by atoms with Gasteiger partial charge in [0.1, 0.15) is 17.0 Å². The Labute approximate surface area is 180 Å². The molecule has 2 aromatic carbocycles. The number of carbonyl (C=O) groups excluding carboxylic acids is 2. The Bertz CT molecular complexity index is 922. The molecule has 0 radical (unpaired) electrons. The summed E-state index contributed by atoms with van der Waals surface area (Å²) < 4.78 is 27.8. The molecule has 2 amide bonds. The molecule has 4 nitrogen and oxygen atoms in total. The maximum atomic E-state index is 14.4. The molecular formula is C23H26F2N2O2S. The SMILES string of the molecule is CCCC[C@H](CC)C(=O)Nc1ccccc1[C@H]1SCC(=O)N1c1ccc(F)cc1F. The van der Waals surface area contributed by atoms with Crippen LogP contribution in [0.5, 0.6) is 0 Å². The van der Waals surface area contributed by atoms with E-state index in [1.807, 2.05) is 25.1 Å². The molecule has 0 unspecified atom stereocenters. The molecule has 0 aromatic heterocycles. The topological polar surface area (TPSA) is 49.4 Å². The maximum Gasteiger partial charge on any atom is 0.238 e. The van der Waals surface area contributed by atoms with Crippen molar-refractivity contribution in [2.45, 2.75) is 44.9 Å². The third kappa shape index (κ3) is 4.83. The van der Waals surface area contributed by atoms with Crippen molar-refractivity contribution in [2.75, 3.05) is 16.0 Å². The number of hydrogen-bond acceptors (Lipinski definition) is 3. The van der Waals surface area contributed by atoms with Crippen LogP contribution in [0.3, 0.4) is 0 Å². The highest BCUT2D eigenvalue weighted by Gasteiger charge is 2.37. The lowest BCUT2D eigenvalue weighted by Gasteiger charge is -2.27. The Kier molecular flexibility index (Phi) is 7.48. The number of unbranched alkanes of at least 4 members (excludes halogenated alkanes) is 1. The lowest BCUT2D eigenvalue weighted by atomic mass is 9.98. The van der Waals surface area contributed by atoms with Crippen molar-refractivity contribution in [1.29, 1.82) is 0 Å². The minimum atomic E-state index is -0.789. The highest BCUT2D eigenvalue weighted by molar-refractivity contribution is 8.00. The average molecular weight is 433 g/mol. The molecule has 1 aliphatic heterocycles.